The molecule has 1 aliphatic rings. The van der Waals surface area contributed by atoms with Gasteiger partial charge in [0.25, 0.3) is 0 Å². The summed E-state index contributed by atoms with van der Waals surface area (Å²) in [6.45, 7) is 1.28. The van der Waals surface area contributed by atoms with Crippen molar-refractivity contribution >= 4 is 34.9 Å². The average molecular weight is 484 g/mol. The van der Waals surface area contributed by atoms with E-state index in [4.69, 9.17) is 10.5 Å². The van der Waals surface area contributed by atoms with Gasteiger partial charge in [-0.3, -0.25) is 19.3 Å². The van der Waals surface area contributed by atoms with Crippen LogP contribution in [0.4, 0.5) is 30.4 Å². The third kappa shape index (κ3) is 4.79. The number of hydrogen-bond acceptors (Lipinski definition) is 5. The molecule has 1 heterocycles. The first kappa shape index (κ1) is 23.7. The Bertz CT molecular complexity index is 1330. The Balaban J connectivity index is 1.72. The highest BCUT2D eigenvalue weighted by molar-refractivity contribution is 6.16. The summed E-state index contributed by atoms with van der Waals surface area (Å²) in [7, 11) is 0. The van der Waals surface area contributed by atoms with Crippen LogP contribution < -0.4 is 20.7 Å². The number of carbonyl (C=O) groups excluding carboxylic acids is 3. The molecule has 180 valence electrons. The van der Waals surface area contributed by atoms with E-state index in [1.807, 2.05) is 0 Å². The minimum atomic E-state index is -1.55. The second-order valence-electron chi connectivity index (χ2n) is 7.96. The van der Waals surface area contributed by atoms with E-state index >= 15 is 8.78 Å². The van der Waals surface area contributed by atoms with Gasteiger partial charge in [-0.1, -0.05) is 0 Å². The quantitative estimate of drug-likeness (QED) is 0.489. The fourth-order valence-electron chi connectivity index (χ4n) is 3.48. The Morgan fingerprint density at radius 3 is 2.31 bits per heavy atom. The van der Waals surface area contributed by atoms with E-state index in [0.717, 1.165) is 29.2 Å². The Labute approximate surface area is 197 Å². The molecular weight excluding hydrogens is 465 g/mol. The number of rotatable bonds is 7. The molecule has 2 aromatic carbocycles. The summed E-state index contributed by atoms with van der Waals surface area (Å²) < 4.78 is 49.2. The van der Waals surface area contributed by atoms with Crippen LogP contribution in [0.2, 0.25) is 0 Å². The molecule has 35 heavy (non-hydrogen) atoms. The van der Waals surface area contributed by atoms with Crippen molar-refractivity contribution in [1.82, 2.24) is 4.98 Å². The summed E-state index contributed by atoms with van der Waals surface area (Å²) >= 11 is 0. The van der Waals surface area contributed by atoms with Crippen molar-refractivity contribution < 1.29 is 32.3 Å². The van der Waals surface area contributed by atoms with Crippen molar-refractivity contribution in [2.24, 2.45) is 11.1 Å². The van der Waals surface area contributed by atoms with E-state index in [0.29, 0.717) is 0 Å². The number of amides is 3. The van der Waals surface area contributed by atoms with Crippen LogP contribution in [0, 0.1) is 22.9 Å². The van der Waals surface area contributed by atoms with Crippen LogP contribution in [0.5, 0.6) is 11.5 Å². The minimum absolute atomic E-state index is 0.0185. The third-order valence-electron chi connectivity index (χ3n) is 5.42. The smallest absolute Gasteiger partial charge is 0.247 e. The molecule has 1 aromatic heterocycles. The summed E-state index contributed by atoms with van der Waals surface area (Å²) in [6.07, 6.45) is 1.61. The summed E-state index contributed by atoms with van der Waals surface area (Å²) in [4.78, 5) is 41.2. The summed E-state index contributed by atoms with van der Waals surface area (Å²) in [5.74, 6) is -5.10. The highest BCUT2D eigenvalue weighted by Gasteiger charge is 2.57. The van der Waals surface area contributed by atoms with Crippen LogP contribution in [-0.4, -0.2) is 22.7 Å². The number of hydrogen-bond donors (Lipinski definition) is 2. The normalized spacial score (nSPS) is 13.6. The number of nitrogens with one attached hydrogen (secondary N) is 1. The number of carbonyl (C=O) groups is 3. The van der Waals surface area contributed by atoms with E-state index in [9.17, 15) is 18.8 Å². The topological polar surface area (TPSA) is 115 Å². The Morgan fingerprint density at radius 2 is 1.71 bits per heavy atom. The molecule has 1 fully saturated rings. The second-order valence-corrected chi connectivity index (χ2v) is 7.96. The first-order valence-electron chi connectivity index (χ1n) is 10.4. The Kier molecular flexibility index (Phi) is 6.16. The standard InChI is InChI=1S/C24H19F3N4O4/c1-13(32)30-21-10-16(6-9-29-21)35-20-12-17(26)19(11-18(20)27)31(15-4-2-14(25)3-5-15)23(34)24(7-8-24)22(28)33/h2-6,9-12H,7-8H2,1H3,(H2,28,33)(H,29,30,32). The van der Waals surface area contributed by atoms with Crippen LogP contribution in [0.25, 0.3) is 0 Å². The fraction of sp³-hybridized carbons (Fsp3) is 0.167. The maximum atomic E-state index is 15.3. The zero-order valence-corrected chi connectivity index (χ0v) is 18.3. The molecule has 3 amide bonds. The molecule has 8 nitrogen and oxygen atoms in total. The Hall–Kier alpha value is -4.41. The molecule has 0 spiro atoms. The Morgan fingerprint density at radius 1 is 1.03 bits per heavy atom. The van der Waals surface area contributed by atoms with E-state index in [1.165, 1.54) is 37.4 Å². The van der Waals surface area contributed by atoms with E-state index < -0.39 is 46.1 Å². The molecule has 11 heteroatoms. The van der Waals surface area contributed by atoms with Gasteiger partial charge in [0, 0.05) is 37.0 Å². The van der Waals surface area contributed by atoms with Crippen molar-refractivity contribution in [3.05, 3.63) is 72.2 Å². The molecule has 0 unspecified atom stereocenters. The third-order valence-corrected chi connectivity index (χ3v) is 5.42. The molecule has 3 N–H and O–H groups in total. The number of anilines is 3. The van der Waals surface area contributed by atoms with Gasteiger partial charge in [0.15, 0.2) is 17.4 Å². The molecular formula is C24H19F3N4O4. The number of nitrogens with two attached hydrogens (primary N) is 1. The molecule has 0 saturated heterocycles. The van der Waals surface area contributed by atoms with Gasteiger partial charge < -0.3 is 15.8 Å². The molecule has 0 aliphatic heterocycles. The number of aromatic nitrogens is 1. The van der Waals surface area contributed by atoms with Crippen LogP contribution in [-0.2, 0) is 14.4 Å². The van der Waals surface area contributed by atoms with Crippen LogP contribution in [0.15, 0.2) is 54.7 Å². The van der Waals surface area contributed by atoms with Gasteiger partial charge in [-0.25, -0.2) is 18.2 Å². The van der Waals surface area contributed by atoms with Gasteiger partial charge >= 0.3 is 0 Å². The number of halogens is 3. The molecule has 0 atom stereocenters. The van der Waals surface area contributed by atoms with Crippen molar-refractivity contribution in [2.75, 3.05) is 10.2 Å². The van der Waals surface area contributed by atoms with Crippen LogP contribution in [0.3, 0.4) is 0 Å². The molecule has 0 radical (unpaired) electrons. The average Bonchev–Trinajstić information content (AvgIpc) is 3.60. The van der Waals surface area contributed by atoms with Gasteiger partial charge in [-0.05, 0) is 43.2 Å². The van der Waals surface area contributed by atoms with Gasteiger partial charge in [-0.15, -0.1) is 0 Å². The fourth-order valence-corrected chi connectivity index (χ4v) is 3.48. The summed E-state index contributed by atoms with van der Waals surface area (Å²) in [5, 5.41) is 2.44. The van der Waals surface area contributed by atoms with Crippen LogP contribution >= 0.6 is 0 Å². The predicted octanol–water partition coefficient (Wildman–Crippen LogP) is 4.18. The first-order valence-corrected chi connectivity index (χ1v) is 10.4. The summed E-state index contributed by atoms with van der Waals surface area (Å²) in [6, 6.07) is 8.64. The lowest BCUT2D eigenvalue weighted by Gasteiger charge is -2.27. The molecule has 0 bridgehead atoms. The van der Waals surface area contributed by atoms with Crippen molar-refractivity contribution in [2.45, 2.75) is 19.8 Å². The zero-order valence-electron chi connectivity index (χ0n) is 18.3. The van der Waals surface area contributed by atoms with E-state index in [2.05, 4.69) is 10.3 Å². The number of primary amides is 1. The molecule has 3 aromatic rings. The lowest BCUT2D eigenvalue weighted by atomic mass is 10.0. The maximum absolute atomic E-state index is 15.3. The lowest BCUT2D eigenvalue weighted by Crippen LogP contribution is -2.41. The summed E-state index contributed by atoms with van der Waals surface area (Å²) in [5.41, 5.74) is 3.37. The SMILES string of the molecule is CC(=O)Nc1cc(Oc2cc(F)c(N(C(=O)C3(C(N)=O)CC3)c3ccc(F)cc3)cc2F)ccn1. The number of ether oxygens (including phenoxy) is 1. The zero-order chi connectivity index (χ0) is 25.3. The van der Waals surface area contributed by atoms with E-state index in [1.54, 1.807) is 0 Å². The lowest BCUT2D eigenvalue weighted by molar-refractivity contribution is -0.133. The molecule has 1 saturated carbocycles. The molecule has 4 rings (SSSR count). The van der Waals surface area contributed by atoms with Gasteiger partial charge in [0.2, 0.25) is 17.7 Å². The maximum Gasteiger partial charge on any atom is 0.247 e. The van der Waals surface area contributed by atoms with Crippen molar-refractivity contribution in [3.63, 3.8) is 0 Å². The highest BCUT2D eigenvalue weighted by Crippen LogP contribution is 2.49. The monoisotopic (exact) mass is 484 g/mol. The largest absolute Gasteiger partial charge is 0.454 e. The second kappa shape index (κ2) is 9.09. The van der Waals surface area contributed by atoms with Gasteiger partial charge in [0.1, 0.15) is 22.8 Å². The number of pyridine rings is 1. The van der Waals surface area contributed by atoms with Crippen molar-refractivity contribution in [1.29, 1.82) is 0 Å². The van der Waals surface area contributed by atoms with Crippen molar-refractivity contribution in [3.8, 4) is 11.5 Å². The number of nitrogens with zero attached hydrogens (tertiary/aromatic N) is 2. The number of benzene rings is 2. The van der Waals surface area contributed by atoms with Gasteiger partial charge in [0.05, 0.1) is 5.69 Å². The van der Waals surface area contributed by atoms with Gasteiger partial charge in [-0.2, -0.15) is 0 Å². The van der Waals surface area contributed by atoms with E-state index in [-0.39, 0.29) is 36.0 Å². The minimum Gasteiger partial charge on any atom is -0.454 e. The molecule has 1 aliphatic carbocycles. The first-order chi connectivity index (χ1) is 16.6. The predicted molar refractivity (Wildman–Crippen MR) is 119 cm³/mol. The highest BCUT2D eigenvalue weighted by atomic mass is 19.1. The van der Waals surface area contributed by atoms with Crippen LogP contribution in [0.1, 0.15) is 19.8 Å².